The summed E-state index contributed by atoms with van der Waals surface area (Å²) in [5, 5.41) is 5.51. The van der Waals surface area contributed by atoms with Gasteiger partial charge in [-0.2, -0.15) is 0 Å². The van der Waals surface area contributed by atoms with Crippen LogP contribution in [0.4, 0.5) is 0 Å². The average molecular weight is 308 g/mol. The first-order valence-electron chi connectivity index (χ1n) is 8.90. The van der Waals surface area contributed by atoms with Crippen LogP contribution >= 0.6 is 0 Å². The molecule has 1 aliphatic rings. The van der Waals surface area contributed by atoms with Crippen molar-refractivity contribution in [2.75, 3.05) is 0 Å². The molecule has 0 bridgehead atoms. The average Bonchev–Trinajstić information content (AvgIpc) is 3.00. The molecule has 0 N–H and O–H groups in total. The molecular formula is C24H20. The number of rotatable bonds is 2. The maximum Gasteiger partial charge on any atom is -0.00132 e. The number of hydrogen-bond acceptors (Lipinski definition) is 0. The monoisotopic (exact) mass is 308 g/mol. The van der Waals surface area contributed by atoms with Crippen LogP contribution in [0.25, 0.3) is 32.7 Å². The Morgan fingerprint density at radius 1 is 0.750 bits per heavy atom. The predicted octanol–water partition coefficient (Wildman–Crippen LogP) is 6.52. The summed E-state index contributed by atoms with van der Waals surface area (Å²) in [7, 11) is 0. The molecule has 0 atom stereocenters. The van der Waals surface area contributed by atoms with E-state index in [2.05, 4.69) is 73.7 Å². The molecule has 5 rings (SSSR count). The first-order valence-corrected chi connectivity index (χ1v) is 8.90. The van der Waals surface area contributed by atoms with Gasteiger partial charge in [0.15, 0.2) is 0 Å². The Kier molecular flexibility index (Phi) is 2.99. The van der Waals surface area contributed by atoms with E-state index in [0.717, 1.165) is 12.8 Å². The summed E-state index contributed by atoms with van der Waals surface area (Å²) in [5.41, 5.74) is 7.22. The van der Waals surface area contributed by atoms with Crippen molar-refractivity contribution in [2.45, 2.75) is 26.2 Å². The molecule has 1 aliphatic carbocycles. The van der Waals surface area contributed by atoms with E-state index < -0.39 is 0 Å². The molecule has 116 valence electrons. The molecule has 0 heterocycles. The second kappa shape index (κ2) is 5.21. The van der Waals surface area contributed by atoms with Gasteiger partial charge in [0.1, 0.15) is 0 Å². The molecule has 0 aromatic heterocycles. The van der Waals surface area contributed by atoms with Crippen molar-refractivity contribution in [2.24, 2.45) is 0 Å². The van der Waals surface area contributed by atoms with Crippen LogP contribution in [-0.4, -0.2) is 0 Å². The summed E-state index contributed by atoms with van der Waals surface area (Å²) in [6.07, 6.45) is 3.42. The Morgan fingerprint density at radius 3 is 2.50 bits per heavy atom. The Balaban J connectivity index is 1.81. The van der Waals surface area contributed by atoms with Gasteiger partial charge in [0.25, 0.3) is 0 Å². The molecule has 0 amide bonds. The molecule has 4 aromatic carbocycles. The summed E-state index contributed by atoms with van der Waals surface area (Å²) in [6, 6.07) is 25.1. The second-order valence-electron chi connectivity index (χ2n) is 6.90. The topological polar surface area (TPSA) is 0 Å². The number of benzene rings is 4. The largest absolute Gasteiger partial charge is 0.0651 e. The molecule has 0 spiro atoms. The van der Waals surface area contributed by atoms with E-state index in [4.69, 9.17) is 0 Å². The van der Waals surface area contributed by atoms with Crippen molar-refractivity contribution in [3.05, 3.63) is 83.4 Å². The van der Waals surface area contributed by atoms with Crippen molar-refractivity contribution >= 4 is 21.5 Å². The molecule has 0 aliphatic heterocycles. The summed E-state index contributed by atoms with van der Waals surface area (Å²) < 4.78 is 0. The van der Waals surface area contributed by atoms with Gasteiger partial charge in [0, 0.05) is 0 Å². The van der Waals surface area contributed by atoms with E-state index in [1.807, 2.05) is 0 Å². The summed E-state index contributed by atoms with van der Waals surface area (Å²) >= 11 is 0. The number of aryl methyl sites for hydroxylation is 1. The third kappa shape index (κ3) is 1.93. The highest BCUT2D eigenvalue weighted by atomic mass is 14.2. The van der Waals surface area contributed by atoms with E-state index in [0.29, 0.717) is 0 Å². The number of fused-ring (bicyclic) bond motifs is 7. The van der Waals surface area contributed by atoms with Gasteiger partial charge < -0.3 is 0 Å². The lowest BCUT2D eigenvalue weighted by atomic mass is 9.93. The fraction of sp³-hybridized carbons (Fsp3) is 0.167. The van der Waals surface area contributed by atoms with Crippen molar-refractivity contribution in [1.29, 1.82) is 0 Å². The SMILES string of the molecule is CCCc1ccc2c(ccc3c4c(ccc32)Cc2ccccc2-4)c1. The highest BCUT2D eigenvalue weighted by Crippen LogP contribution is 2.42. The highest BCUT2D eigenvalue weighted by Gasteiger charge is 2.20. The fourth-order valence-corrected chi connectivity index (χ4v) is 4.27. The van der Waals surface area contributed by atoms with Crippen molar-refractivity contribution in [3.63, 3.8) is 0 Å². The van der Waals surface area contributed by atoms with Crippen LogP contribution < -0.4 is 0 Å². The summed E-state index contributed by atoms with van der Waals surface area (Å²) in [4.78, 5) is 0. The van der Waals surface area contributed by atoms with Crippen LogP contribution in [0.15, 0.2) is 66.7 Å². The summed E-state index contributed by atoms with van der Waals surface area (Å²) in [5.74, 6) is 0. The van der Waals surface area contributed by atoms with Gasteiger partial charge in [-0.25, -0.2) is 0 Å². The van der Waals surface area contributed by atoms with Gasteiger partial charge in [-0.1, -0.05) is 80.1 Å². The van der Waals surface area contributed by atoms with Gasteiger partial charge >= 0.3 is 0 Å². The quantitative estimate of drug-likeness (QED) is 0.326. The van der Waals surface area contributed by atoms with Crippen LogP contribution in [0.2, 0.25) is 0 Å². The first kappa shape index (κ1) is 13.8. The third-order valence-corrected chi connectivity index (χ3v) is 5.37. The van der Waals surface area contributed by atoms with Crippen LogP contribution in [0, 0.1) is 0 Å². The Labute approximate surface area is 142 Å². The van der Waals surface area contributed by atoms with E-state index >= 15 is 0 Å². The zero-order valence-electron chi connectivity index (χ0n) is 14.0. The minimum atomic E-state index is 1.06. The molecule has 0 saturated carbocycles. The molecule has 24 heavy (non-hydrogen) atoms. The molecule has 0 radical (unpaired) electrons. The lowest BCUT2D eigenvalue weighted by Crippen LogP contribution is -1.87. The van der Waals surface area contributed by atoms with Gasteiger partial charge in [-0.3, -0.25) is 0 Å². The van der Waals surface area contributed by atoms with E-state index in [1.165, 1.54) is 55.8 Å². The van der Waals surface area contributed by atoms with Crippen LogP contribution in [0.1, 0.15) is 30.0 Å². The number of hydrogen-bond donors (Lipinski definition) is 0. The lowest BCUT2D eigenvalue weighted by molar-refractivity contribution is 0.924. The van der Waals surface area contributed by atoms with Gasteiger partial charge in [0.05, 0.1) is 0 Å². The minimum Gasteiger partial charge on any atom is -0.0651 e. The van der Waals surface area contributed by atoms with Crippen LogP contribution in [0.3, 0.4) is 0 Å². The van der Waals surface area contributed by atoms with Crippen molar-refractivity contribution in [1.82, 2.24) is 0 Å². The molecule has 0 nitrogen and oxygen atoms in total. The van der Waals surface area contributed by atoms with E-state index in [-0.39, 0.29) is 0 Å². The van der Waals surface area contributed by atoms with E-state index in [1.54, 1.807) is 0 Å². The smallest absolute Gasteiger partial charge is 0.00132 e. The predicted molar refractivity (Wildman–Crippen MR) is 104 cm³/mol. The third-order valence-electron chi connectivity index (χ3n) is 5.37. The Morgan fingerprint density at radius 2 is 1.58 bits per heavy atom. The molecule has 0 fully saturated rings. The lowest BCUT2D eigenvalue weighted by Gasteiger charge is -2.11. The molecule has 0 heteroatoms. The standard InChI is InChI=1S/C24H20/c1-2-5-16-8-11-20-18(14-16)9-13-23-22(20)12-10-19-15-17-6-3-4-7-21(17)24(19)23/h3-4,6-14H,2,5,15H2,1H3. The van der Waals surface area contributed by atoms with Crippen molar-refractivity contribution < 1.29 is 0 Å². The maximum atomic E-state index is 2.36. The zero-order valence-corrected chi connectivity index (χ0v) is 14.0. The summed E-state index contributed by atoms with van der Waals surface area (Å²) in [6.45, 7) is 2.24. The highest BCUT2D eigenvalue weighted by molar-refractivity contribution is 6.13. The molecule has 0 unspecified atom stereocenters. The van der Waals surface area contributed by atoms with Crippen LogP contribution in [0.5, 0.6) is 0 Å². The molecule has 0 saturated heterocycles. The minimum absolute atomic E-state index is 1.06. The second-order valence-corrected chi connectivity index (χ2v) is 6.90. The van der Waals surface area contributed by atoms with Gasteiger partial charge in [-0.05, 0) is 62.2 Å². The van der Waals surface area contributed by atoms with Gasteiger partial charge in [0.2, 0.25) is 0 Å². The molecular weight excluding hydrogens is 288 g/mol. The first-order chi connectivity index (χ1) is 11.8. The van der Waals surface area contributed by atoms with Gasteiger partial charge in [-0.15, -0.1) is 0 Å². The fourth-order valence-electron chi connectivity index (χ4n) is 4.27. The molecule has 4 aromatic rings. The van der Waals surface area contributed by atoms with Crippen LogP contribution in [-0.2, 0) is 12.8 Å². The zero-order chi connectivity index (χ0) is 16.1. The Hall–Kier alpha value is -2.60. The van der Waals surface area contributed by atoms with Crippen molar-refractivity contribution in [3.8, 4) is 11.1 Å². The van der Waals surface area contributed by atoms with E-state index in [9.17, 15) is 0 Å². The normalized spacial score (nSPS) is 12.5. The maximum absolute atomic E-state index is 2.36. The Bertz CT molecular complexity index is 1090.